The Morgan fingerprint density at radius 2 is 1.72 bits per heavy atom. The van der Waals surface area contributed by atoms with Crippen LogP contribution in [0.3, 0.4) is 0 Å². The first-order valence-electron chi connectivity index (χ1n) is 8.92. The molecule has 0 saturated carbocycles. The molecule has 0 radical (unpaired) electrons. The highest BCUT2D eigenvalue weighted by Gasteiger charge is 2.32. The van der Waals surface area contributed by atoms with E-state index < -0.39 is 6.29 Å². The van der Waals surface area contributed by atoms with Crippen molar-refractivity contribution in [1.29, 1.82) is 0 Å². The molecule has 2 aliphatic heterocycles. The van der Waals surface area contributed by atoms with Crippen molar-refractivity contribution in [2.75, 3.05) is 36.5 Å². The number of rotatable bonds is 3. The monoisotopic (exact) mass is 438 g/mol. The van der Waals surface area contributed by atoms with Gasteiger partial charge in [-0.15, -0.1) is 12.4 Å². The normalized spacial score (nSPS) is 19.2. The number of halogens is 3. The molecule has 2 aliphatic rings. The lowest BCUT2D eigenvalue weighted by molar-refractivity contribution is 0.0671. The van der Waals surface area contributed by atoms with Gasteiger partial charge in [0.05, 0.1) is 13.2 Å². The lowest BCUT2D eigenvalue weighted by Crippen LogP contribution is -2.57. The molecule has 0 spiro atoms. The largest absolute Gasteiger partial charge is 0.378 e. The van der Waals surface area contributed by atoms with Crippen LogP contribution in [0.2, 0.25) is 5.02 Å². The lowest BCUT2D eigenvalue weighted by Gasteiger charge is -2.41. The minimum Gasteiger partial charge on any atom is -0.378 e. The van der Waals surface area contributed by atoms with Crippen molar-refractivity contribution < 1.29 is 9.13 Å². The molecule has 3 N–H and O–H groups in total. The zero-order valence-electron chi connectivity index (χ0n) is 15.5. The zero-order valence-corrected chi connectivity index (χ0v) is 17.0. The molecular weight excluding hydrogens is 418 g/mol. The summed E-state index contributed by atoms with van der Waals surface area (Å²) in [6.07, 6.45) is -0.554. The van der Waals surface area contributed by atoms with Crippen molar-refractivity contribution in [3.05, 3.63) is 59.4 Å². The number of guanidine groups is 2. The molecule has 0 amide bonds. The average Bonchev–Trinajstić information content (AvgIpc) is 2.71. The summed E-state index contributed by atoms with van der Waals surface area (Å²) in [4.78, 5) is 12.9. The SMILES string of the molecule is Cl.NC1=NC(Nc2ccc(Cl)cc2)N(c2ccc(F)cc2)C(N2CCOCC2)=N1. The predicted molar refractivity (Wildman–Crippen MR) is 116 cm³/mol. The highest BCUT2D eigenvalue weighted by molar-refractivity contribution is 6.30. The Balaban J connectivity index is 0.00000240. The van der Waals surface area contributed by atoms with Crippen LogP contribution in [0.15, 0.2) is 58.5 Å². The highest BCUT2D eigenvalue weighted by Crippen LogP contribution is 2.25. The fourth-order valence-corrected chi connectivity index (χ4v) is 3.24. The van der Waals surface area contributed by atoms with E-state index >= 15 is 0 Å². The molecule has 1 atom stereocenters. The summed E-state index contributed by atoms with van der Waals surface area (Å²) in [5.74, 6) is 0.510. The van der Waals surface area contributed by atoms with Crippen LogP contribution in [0, 0.1) is 5.82 Å². The third kappa shape index (κ3) is 4.90. The zero-order chi connectivity index (χ0) is 19.5. The van der Waals surface area contributed by atoms with Crippen molar-refractivity contribution >= 4 is 47.3 Å². The number of morpholine rings is 1. The topological polar surface area (TPSA) is 78.5 Å². The molecule has 1 fully saturated rings. The molecule has 0 bridgehead atoms. The molecule has 2 aromatic carbocycles. The number of nitrogens with one attached hydrogen (secondary N) is 1. The van der Waals surface area contributed by atoms with Crippen LogP contribution in [0.25, 0.3) is 0 Å². The first kappa shape index (κ1) is 21.2. The van der Waals surface area contributed by atoms with Crippen molar-refractivity contribution in [3.8, 4) is 0 Å². The third-order valence-corrected chi connectivity index (χ3v) is 4.72. The molecule has 0 aliphatic carbocycles. The van der Waals surface area contributed by atoms with E-state index in [1.165, 1.54) is 12.1 Å². The maximum atomic E-state index is 13.5. The molecule has 2 heterocycles. The van der Waals surface area contributed by atoms with E-state index in [0.29, 0.717) is 37.3 Å². The van der Waals surface area contributed by atoms with E-state index in [9.17, 15) is 4.39 Å². The van der Waals surface area contributed by atoms with Crippen LogP contribution in [-0.4, -0.2) is 49.4 Å². The first-order chi connectivity index (χ1) is 13.6. The Hall–Kier alpha value is -2.55. The van der Waals surface area contributed by atoms with E-state index in [0.717, 1.165) is 11.4 Å². The van der Waals surface area contributed by atoms with Gasteiger partial charge in [-0.3, -0.25) is 4.90 Å². The summed E-state index contributed by atoms with van der Waals surface area (Å²) in [5.41, 5.74) is 7.59. The second kappa shape index (κ2) is 9.30. The van der Waals surface area contributed by atoms with Crippen molar-refractivity contribution in [2.24, 2.45) is 15.7 Å². The van der Waals surface area contributed by atoms with Gasteiger partial charge in [0.15, 0.2) is 0 Å². The Labute approximate surface area is 179 Å². The maximum absolute atomic E-state index is 13.5. The molecule has 2 aromatic rings. The Morgan fingerprint density at radius 1 is 1.07 bits per heavy atom. The van der Waals surface area contributed by atoms with Crippen LogP contribution in [0.5, 0.6) is 0 Å². The van der Waals surface area contributed by atoms with Gasteiger partial charge in [-0.05, 0) is 48.5 Å². The number of benzene rings is 2. The summed E-state index contributed by atoms with van der Waals surface area (Å²) in [5, 5.41) is 3.98. The van der Waals surface area contributed by atoms with Crippen LogP contribution in [0.1, 0.15) is 0 Å². The molecule has 1 unspecified atom stereocenters. The minimum absolute atomic E-state index is 0. The molecule has 0 aromatic heterocycles. The fraction of sp³-hybridized carbons (Fsp3) is 0.263. The van der Waals surface area contributed by atoms with Crippen LogP contribution in [-0.2, 0) is 4.74 Å². The highest BCUT2D eigenvalue weighted by atomic mass is 35.5. The van der Waals surface area contributed by atoms with Gasteiger partial charge in [-0.25, -0.2) is 9.38 Å². The number of hydrogen-bond donors (Lipinski definition) is 2. The van der Waals surface area contributed by atoms with Gasteiger partial charge in [0.1, 0.15) is 5.82 Å². The van der Waals surface area contributed by atoms with Crippen LogP contribution in [0.4, 0.5) is 15.8 Å². The molecule has 29 heavy (non-hydrogen) atoms. The summed E-state index contributed by atoms with van der Waals surface area (Å²) >= 11 is 5.98. The number of hydrogen-bond acceptors (Lipinski definition) is 7. The van der Waals surface area contributed by atoms with Gasteiger partial charge >= 0.3 is 0 Å². The summed E-state index contributed by atoms with van der Waals surface area (Å²) in [7, 11) is 0. The average molecular weight is 439 g/mol. The van der Waals surface area contributed by atoms with Gasteiger partial charge < -0.3 is 20.7 Å². The van der Waals surface area contributed by atoms with Crippen molar-refractivity contribution in [1.82, 2.24) is 4.90 Å². The van der Waals surface area contributed by atoms with E-state index in [-0.39, 0.29) is 24.2 Å². The quantitative estimate of drug-likeness (QED) is 0.769. The number of nitrogens with zero attached hydrogens (tertiary/aromatic N) is 4. The van der Waals surface area contributed by atoms with Crippen molar-refractivity contribution in [3.63, 3.8) is 0 Å². The first-order valence-corrected chi connectivity index (χ1v) is 9.29. The second-order valence-electron chi connectivity index (χ2n) is 6.37. The van der Waals surface area contributed by atoms with E-state index in [4.69, 9.17) is 22.1 Å². The molecular formula is C19H21Cl2FN6O. The number of ether oxygens (including phenoxy) is 1. The molecule has 1 saturated heterocycles. The standard InChI is InChI=1S/C19H20ClFN6O.ClH/c20-13-1-5-15(6-2-13)23-18-24-17(22)25-19(26-9-11-28-12-10-26)27(18)16-7-3-14(21)4-8-16;/h1-8,18,23H,9-12H2,(H2,22,24);1H. The van der Waals surface area contributed by atoms with Gasteiger partial charge in [0.25, 0.3) is 0 Å². The van der Waals surface area contributed by atoms with E-state index in [1.54, 1.807) is 24.3 Å². The Kier molecular flexibility index (Phi) is 6.79. The molecule has 154 valence electrons. The van der Waals surface area contributed by atoms with Crippen LogP contribution < -0.4 is 16.0 Å². The smallest absolute Gasteiger partial charge is 0.222 e. The van der Waals surface area contributed by atoms with E-state index in [1.807, 2.05) is 17.0 Å². The number of aliphatic imine (C=N–C) groups is 2. The third-order valence-electron chi connectivity index (χ3n) is 4.47. The van der Waals surface area contributed by atoms with Gasteiger partial charge in [0.2, 0.25) is 18.2 Å². The summed E-state index contributed by atoms with van der Waals surface area (Å²) in [6.45, 7) is 2.56. The second-order valence-corrected chi connectivity index (χ2v) is 6.81. The van der Waals surface area contributed by atoms with Gasteiger partial charge in [-0.1, -0.05) is 11.6 Å². The minimum atomic E-state index is -0.554. The summed E-state index contributed by atoms with van der Waals surface area (Å²) < 4.78 is 19.0. The fourth-order valence-electron chi connectivity index (χ4n) is 3.11. The number of anilines is 2. The molecule has 10 heteroatoms. The Bertz CT molecular complexity index is 885. The van der Waals surface area contributed by atoms with Gasteiger partial charge in [0, 0.05) is 29.5 Å². The number of nitrogens with two attached hydrogens (primary N) is 1. The van der Waals surface area contributed by atoms with Crippen LogP contribution >= 0.6 is 24.0 Å². The molecule has 4 rings (SSSR count). The maximum Gasteiger partial charge on any atom is 0.222 e. The van der Waals surface area contributed by atoms with Gasteiger partial charge in [-0.2, -0.15) is 4.99 Å². The molecule has 7 nitrogen and oxygen atoms in total. The summed E-state index contributed by atoms with van der Waals surface area (Å²) in [6, 6.07) is 13.5. The van der Waals surface area contributed by atoms with E-state index in [2.05, 4.69) is 20.2 Å². The van der Waals surface area contributed by atoms with Crippen molar-refractivity contribution in [2.45, 2.75) is 6.29 Å². The Morgan fingerprint density at radius 3 is 2.38 bits per heavy atom. The lowest BCUT2D eigenvalue weighted by atomic mass is 10.2. The predicted octanol–water partition coefficient (Wildman–Crippen LogP) is 3.12.